The number of aromatic nitrogens is 1. The number of likely N-dealkylation sites (N-methyl/N-ethyl adjacent to an activating group) is 1. The fraction of sp³-hybridized carbons (Fsp3) is 0.143. The van der Waals surface area contributed by atoms with Gasteiger partial charge in [-0.05, 0) is 19.1 Å². The van der Waals surface area contributed by atoms with E-state index in [1.165, 1.54) is 7.05 Å². The molecule has 4 heteroatoms. The molecule has 0 atom stereocenters. The number of carbonyl (C=O) groups excluding carboxylic acids is 1. The number of nitrogens with zero attached hydrogens (tertiary/aromatic N) is 1. The van der Waals surface area contributed by atoms with Crippen LogP contribution in [0.5, 0.6) is 0 Å². The number of benzene rings is 1. The Morgan fingerprint density at radius 3 is 2.83 bits per heavy atom. The number of amides is 1. The van der Waals surface area contributed by atoms with E-state index in [0.717, 1.165) is 22.2 Å². The van der Waals surface area contributed by atoms with Crippen molar-refractivity contribution in [3.05, 3.63) is 41.1 Å². The van der Waals surface area contributed by atoms with Gasteiger partial charge in [-0.1, -0.05) is 18.2 Å². The molecule has 0 saturated carbocycles. The molecule has 0 aliphatic heterocycles. The van der Waals surface area contributed by atoms with Crippen LogP contribution in [0.15, 0.2) is 29.8 Å². The standard InChI is InChI=1S/C14H13N3O/c1-9-12(7-10(8-15)14(18)16-2)11-5-3-4-6-13(11)17-9/h3-7,17H,1-2H3,(H,16,18)/b10-7-. The van der Waals surface area contributed by atoms with Gasteiger partial charge in [0.15, 0.2) is 0 Å². The molecule has 0 aliphatic carbocycles. The molecular weight excluding hydrogens is 226 g/mol. The van der Waals surface area contributed by atoms with E-state index in [-0.39, 0.29) is 11.5 Å². The van der Waals surface area contributed by atoms with Crippen LogP contribution in [0, 0.1) is 18.3 Å². The molecule has 0 aliphatic rings. The van der Waals surface area contributed by atoms with Crippen LogP contribution in [0.3, 0.4) is 0 Å². The van der Waals surface area contributed by atoms with Crippen molar-refractivity contribution >= 4 is 22.9 Å². The number of aromatic amines is 1. The van der Waals surface area contributed by atoms with Gasteiger partial charge >= 0.3 is 0 Å². The fourth-order valence-electron chi connectivity index (χ4n) is 1.91. The molecule has 1 heterocycles. The van der Waals surface area contributed by atoms with Gasteiger partial charge < -0.3 is 10.3 Å². The van der Waals surface area contributed by atoms with Crippen molar-refractivity contribution in [1.29, 1.82) is 5.26 Å². The lowest BCUT2D eigenvalue weighted by atomic mass is 10.1. The first-order valence-corrected chi connectivity index (χ1v) is 5.58. The number of aryl methyl sites for hydroxylation is 1. The molecule has 1 aromatic heterocycles. The molecule has 0 radical (unpaired) electrons. The van der Waals surface area contributed by atoms with E-state index in [9.17, 15) is 4.79 Å². The van der Waals surface area contributed by atoms with E-state index in [2.05, 4.69) is 10.3 Å². The van der Waals surface area contributed by atoms with Crippen LogP contribution < -0.4 is 5.32 Å². The second-order valence-corrected chi connectivity index (χ2v) is 3.96. The van der Waals surface area contributed by atoms with Crippen LogP contribution in [-0.2, 0) is 4.79 Å². The highest BCUT2D eigenvalue weighted by atomic mass is 16.1. The van der Waals surface area contributed by atoms with Crippen LogP contribution in [0.2, 0.25) is 0 Å². The highest BCUT2D eigenvalue weighted by Crippen LogP contribution is 2.24. The Morgan fingerprint density at radius 1 is 1.44 bits per heavy atom. The first kappa shape index (κ1) is 11.9. The lowest BCUT2D eigenvalue weighted by molar-refractivity contribution is -0.116. The SMILES string of the molecule is CNC(=O)/C(C#N)=C\c1c(C)[nH]c2ccccc12. The van der Waals surface area contributed by atoms with Crippen molar-refractivity contribution in [1.82, 2.24) is 10.3 Å². The van der Waals surface area contributed by atoms with Crippen LogP contribution in [0.4, 0.5) is 0 Å². The zero-order valence-electron chi connectivity index (χ0n) is 10.2. The van der Waals surface area contributed by atoms with Crippen LogP contribution in [-0.4, -0.2) is 17.9 Å². The number of rotatable bonds is 2. The third kappa shape index (κ3) is 1.98. The Balaban J connectivity index is 2.61. The van der Waals surface area contributed by atoms with E-state index in [1.54, 1.807) is 6.08 Å². The van der Waals surface area contributed by atoms with Crippen molar-refractivity contribution in [2.45, 2.75) is 6.92 Å². The number of para-hydroxylation sites is 1. The minimum atomic E-state index is -0.373. The van der Waals surface area contributed by atoms with Gasteiger partial charge in [0.1, 0.15) is 11.6 Å². The molecule has 0 spiro atoms. The van der Waals surface area contributed by atoms with Crippen LogP contribution in [0.25, 0.3) is 17.0 Å². The zero-order chi connectivity index (χ0) is 13.1. The normalized spacial score (nSPS) is 11.3. The monoisotopic (exact) mass is 239 g/mol. The number of carbonyl (C=O) groups is 1. The summed E-state index contributed by atoms with van der Waals surface area (Å²) in [5, 5.41) is 12.5. The molecule has 1 amide bonds. The molecule has 2 N–H and O–H groups in total. The number of hydrogen-bond donors (Lipinski definition) is 2. The second kappa shape index (κ2) is 4.76. The van der Waals surface area contributed by atoms with E-state index >= 15 is 0 Å². The van der Waals surface area contributed by atoms with Gasteiger partial charge in [0.2, 0.25) is 0 Å². The average Bonchev–Trinajstić information content (AvgIpc) is 2.71. The first-order valence-electron chi connectivity index (χ1n) is 5.58. The first-order chi connectivity index (χ1) is 8.67. The van der Waals surface area contributed by atoms with Gasteiger partial charge in [-0.25, -0.2) is 0 Å². The van der Waals surface area contributed by atoms with Crippen molar-refractivity contribution in [2.24, 2.45) is 0 Å². The van der Waals surface area contributed by atoms with E-state index < -0.39 is 0 Å². The minimum Gasteiger partial charge on any atom is -0.358 e. The molecule has 0 fully saturated rings. The molecule has 1 aromatic carbocycles. The summed E-state index contributed by atoms with van der Waals surface area (Å²) < 4.78 is 0. The average molecular weight is 239 g/mol. The van der Waals surface area contributed by atoms with E-state index in [4.69, 9.17) is 5.26 Å². The Bertz CT molecular complexity index is 674. The summed E-state index contributed by atoms with van der Waals surface area (Å²) in [7, 11) is 1.51. The molecule has 2 rings (SSSR count). The summed E-state index contributed by atoms with van der Waals surface area (Å²) in [6, 6.07) is 9.71. The Kier molecular flexibility index (Phi) is 3.16. The fourth-order valence-corrected chi connectivity index (χ4v) is 1.91. The molecule has 0 unspecified atom stereocenters. The largest absolute Gasteiger partial charge is 0.358 e. The van der Waals surface area contributed by atoms with Gasteiger partial charge in [-0.15, -0.1) is 0 Å². The summed E-state index contributed by atoms with van der Waals surface area (Å²) >= 11 is 0. The zero-order valence-corrected chi connectivity index (χ0v) is 10.2. The molecule has 0 bridgehead atoms. The molecule has 4 nitrogen and oxygen atoms in total. The smallest absolute Gasteiger partial charge is 0.261 e. The minimum absolute atomic E-state index is 0.102. The van der Waals surface area contributed by atoms with Gasteiger partial charge in [0, 0.05) is 29.2 Å². The molecule has 2 aromatic rings. The Labute approximate surface area is 105 Å². The second-order valence-electron chi connectivity index (χ2n) is 3.96. The van der Waals surface area contributed by atoms with E-state index in [1.807, 2.05) is 37.3 Å². The van der Waals surface area contributed by atoms with Gasteiger partial charge in [-0.2, -0.15) is 5.26 Å². The van der Waals surface area contributed by atoms with Crippen molar-refractivity contribution in [3.8, 4) is 6.07 Å². The maximum Gasteiger partial charge on any atom is 0.261 e. The summed E-state index contributed by atoms with van der Waals surface area (Å²) in [6.07, 6.45) is 1.62. The van der Waals surface area contributed by atoms with Gasteiger partial charge in [0.05, 0.1) is 0 Å². The molecule has 18 heavy (non-hydrogen) atoms. The Morgan fingerprint density at radius 2 is 2.17 bits per heavy atom. The molecule has 90 valence electrons. The van der Waals surface area contributed by atoms with Crippen molar-refractivity contribution < 1.29 is 4.79 Å². The lowest BCUT2D eigenvalue weighted by Gasteiger charge is -1.98. The number of fused-ring (bicyclic) bond motifs is 1. The quantitative estimate of drug-likeness (QED) is 0.622. The molecular formula is C14H13N3O. The predicted molar refractivity (Wildman–Crippen MR) is 70.7 cm³/mol. The maximum absolute atomic E-state index is 11.5. The lowest BCUT2D eigenvalue weighted by Crippen LogP contribution is -2.19. The number of hydrogen-bond acceptors (Lipinski definition) is 2. The molecule has 0 saturated heterocycles. The highest BCUT2D eigenvalue weighted by Gasteiger charge is 2.10. The van der Waals surface area contributed by atoms with Crippen LogP contribution >= 0.6 is 0 Å². The summed E-state index contributed by atoms with van der Waals surface area (Å²) in [5.74, 6) is -0.373. The summed E-state index contributed by atoms with van der Waals surface area (Å²) in [5.41, 5.74) is 2.92. The van der Waals surface area contributed by atoms with Gasteiger partial charge in [0.25, 0.3) is 5.91 Å². The van der Waals surface area contributed by atoms with Crippen molar-refractivity contribution in [2.75, 3.05) is 7.05 Å². The summed E-state index contributed by atoms with van der Waals surface area (Å²) in [4.78, 5) is 14.7. The van der Waals surface area contributed by atoms with Crippen molar-refractivity contribution in [3.63, 3.8) is 0 Å². The van der Waals surface area contributed by atoms with Crippen LogP contribution in [0.1, 0.15) is 11.3 Å². The van der Waals surface area contributed by atoms with Gasteiger partial charge in [-0.3, -0.25) is 4.79 Å². The predicted octanol–water partition coefficient (Wildman–Crippen LogP) is 2.13. The number of nitriles is 1. The maximum atomic E-state index is 11.5. The highest BCUT2D eigenvalue weighted by molar-refractivity contribution is 6.04. The summed E-state index contributed by atoms with van der Waals surface area (Å²) in [6.45, 7) is 1.92. The number of H-pyrrole nitrogens is 1. The third-order valence-corrected chi connectivity index (χ3v) is 2.82. The van der Waals surface area contributed by atoms with E-state index in [0.29, 0.717) is 0 Å². The number of nitrogens with one attached hydrogen (secondary N) is 2. The Hall–Kier alpha value is -2.54. The third-order valence-electron chi connectivity index (χ3n) is 2.82. The topological polar surface area (TPSA) is 68.7 Å².